The van der Waals surface area contributed by atoms with E-state index < -0.39 is 48.8 Å². The zero-order valence-electron chi connectivity index (χ0n) is 12.6. The molecule has 0 aliphatic heterocycles. The molecule has 21 heavy (non-hydrogen) atoms. The minimum absolute atomic E-state index is 0.420. The third-order valence-corrected chi connectivity index (χ3v) is 3.57. The Morgan fingerprint density at radius 1 is 0.857 bits per heavy atom. The van der Waals surface area contributed by atoms with Crippen LogP contribution in [0.25, 0.3) is 0 Å². The van der Waals surface area contributed by atoms with Gasteiger partial charge in [-0.2, -0.15) is 0 Å². The minimum Gasteiger partial charge on any atom is -0.394 e. The van der Waals surface area contributed by atoms with E-state index >= 15 is 0 Å². The Balaban J connectivity index is 4.79. The van der Waals surface area contributed by atoms with Crippen LogP contribution in [0.15, 0.2) is 0 Å². The van der Waals surface area contributed by atoms with Gasteiger partial charge in [-0.3, -0.25) is 4.79 Å². The van der Waals surface area contributed by atoms with Crippen LogP contribution in [0.3, 0.4) is 0 Å². The van der Waals surface area contributed by atoms with E-state index in [1.54, 1.807) is 0 Å². The Morgan fingerprint density at radius 2 is 1.33 bits per heavy atom. The molecule has 0 aromatic rings. The van der Waals surface area contributed by atoms with Crippen molar-refractivity contribution in [1.82, 2.24) is 0 Å². The quantitative estimate of drug-likeness (QED) is 0.275. The molecule has 0 aliphatic rings. The Hall–Kier alpha value is -0.570. The maximum absolute atomic E-state index is 12.1. The number of aliphatic hydroxyl groups is 6. The highest BCUT2D eigenvalue weighted by Gasteiger charge is 2.38. The molecule has 0 aromatic carbocycles. The van der Waals surface area contributed by atoms with Crippen LogP contribution in [0.5, 0.6) is 0 Å². The number of rotatable bonds is 11. The van der Waals surface area contributed by atoms with Gasteiger partial charge in [0.25, 0.3) is 0 Å². The maximum Gasteiger partial charge on any atom is 0.167 e. The molecule has 6 N–H and O–H groups in total. The summed E-state index contributed by atoms with van der Waals surface area (Å²) < 4.78 is 0. The van der Waals surface area contributed by atoms with Crippen molar-refractivity contribution in [2.24, 2.45) is 5.92 Å². The molecular formula is C14H28O7. The summed E-state index contributed by atoms with van der Waals surface area (Å²) in [7, 11) is 0. The molecule has 126 valence electrons. The van der Waals surface area contributed by atoms with Gasteiger partial charge in [0, 0.05) is 5.92 Å². The molecule has 7 heteroatoms. The molecule has 0 fully saturated rings. The van der Waals surface area contributed by atoms with Crippen molar-refractivity contribution in [2.75, 3.05) is 6.61 Å². The van der Waals surface area contributed by atoms with Gasteiger partial charge in [-0.25, -0.2) is 0 Å². The first-order valence-electron chi connectivity index (χ1n) is 7.36. The third-order valence-electron chi connectivity index (χ3n) is 3.57. The molecule has 7 nitrogen and oxygen atoms in total. The van der Waals surface area contributed by atoms with Crippen molar-refractivity contribution in [3.63, 3.8) is 0 Å². The van der Waals surface area contributed by atoms with Gasteiger partial charge >= 0.3 is 0 Å². The molecule has 0 heterocycles. The summed E-state index contributed by atoms with van der Waals surface area (Å²) >= 11 is 0. The zero-order valence-corrected chi connectivity index (χ0v) is 12.6. The topological polar surface area (TPSA) is 138 Å². The normalized spacial score (nSPS) is 19.1. The molecule has 0 aromatic heterocycles. The fourth-order valence-corrected chi connectivity index (χ4v) is 2.26. The van der Waals surface area contributed by atoms with Crippen LogP contribution in [0.4, 0.5) is 0 Å². The molecule has 0 saturated carbocycles. The number of carbonyl (C=O) groups is 1. The van der Waals surface area contributed by atoms with Crippen molar-refractivity contribution < 1.29 is 35.4 Å². The highest BCUT2D eigenvalue weighted by Crippen LogP contribution is 2.19. The first kappa shape index (κ1) is 20.4. The van der Waals surface area contributed by atoms with Crippen molar-refractivity contribution in [3.8, 4) is 0 Å². The van der Waals surface area contributed by atoms with E-state index in [1.165, 1.54) is 0 Å². The van der Waals surface area contributed by atoms with Crippen molar-refractivity contribution in [3.05, 3.63) is 0 Å². The van der Waals surface area contributed by atoms with Crippen LogP contribution in [0.1, 0.15) is 39.5 Å². The van der Waals surface area contributed by atoms with Gasteiger partial charge < -0.3 is 30.6 Å². The second-order valence-electron chi connectivity index (χ2n) is 5.34. The lowest BCUT2D eigenvalue weighted by Gasteiger charge is -2.29. The summed E-state index contributed by atoms with van der Waals surface area (Å²) in [6, 6.07) is 0. The van der Waals surface area contributed by atoms with Crippen LogP contribution in [-0.4, -0.2) is 73.5 Å². The lowest BCUT2D eigenvalue weighted by molar-refractivity contribution is -0.158. The van der Waals surface area contributed by atoms with E-state index in [4.69, 9.17) is 5.11 Å². The minimum atomic E-state index is -1.94. The summed E-state index contributed by atoms with van der Waals surface area (Å²) in [4.78, 5) is 12.1. The van der Waals surface area contributed by atoms with Gasteiger partial charge in [-0.05, 0) is 12.8 Å². The van der Waals surface area contributed by atoms with Gasteiger partial charge in [0.1, 0.15) is 30.5 Å². The molecule has 0 amide bonds. The summed E-state index contributed by atoms with van der Waals surface area (Å²) in [6.45, 7) is 2.98. The first-order chi connectivity index (χ1) is 9.81. The summed E-state index contributed by atoms with van der Waals surface area (Å²) in [5.41, 5.74) is 0. The van der Waals surface area contributed by atoms with Crippen molar-refractivity contribution >= 4 is 5.78 Å². The monoisotopic (exact) mass is 308 g/mol. The standard InChI is InChI=1S/C14H28O7/c1-3-5-8(6-4-2)10(17)12(19)14(21)13(20)11(18)9(16)7-15/h8-9,11-16,18-21H,3-7H2,1-2H3/t9-,11-,12?,13+,14-/m1/s1. The SMILES string of the molecule is CCCC(CCC)C(=O)C(O)[C@@H](O)[C@@H](O)[C@H](O)[C@H](O)CO. The van der Waals surface area contributed by atoms with E-state index in [-0.39, 0.29) is 0 Å². The second kappa shape index (κ2) is 10.2. The van der Waals surface area contributed by atoms with Gasteiger partial charge in [-0.1, -0.05) is 26.7 Å². The Labute approximate surface area is 124 Å². The van der Waals surface area contributed by atoms with E-state index in [1.807, 2.05) is 13.8 Å². The largest absolute Gasteiger partial charge is 0.394 e. The van der Waals surface area contributed by atoms with Crippen LogP contribution >= 0.6 is 0 Å². The van der Waals surface area contributed by atoms with E-state index in [0.29, 0.717) is 12.8 Å². The molecule has 1 unspecified atom stereocenters. The summed E-state index contributed by atoms with van der Waals surface area (Å²) in [5, 5.41) is 56.7. The highest BCUT2D eigenvalue weighted by molar-refractivity contribution is 5.85. The van der Waals surface area contributed by atoms with Gasteiger partial charge in [-0.15, -0.1) is 0 Å². The molecule has 0 rings (SSSR count). The Kier molecular flexibility index (Phi) is 9.93. The fourth-order valence-electron chi connectivity index (χ4n) is 2.26. The number of hydrogen-bond donors (Lipinski definition) is 6. The first-order valence-corrected chi connectivity index (χ1v) is 7.36. The lowest BCUT2D eigenvalue weighted by atomic mass is 9.87. The molecule has 0 bridgehead atoms. The Morgan fingerprint density at radius 3 is 1.71 bits per heavy atom. The van der Waals surface area contributed by atoms with Gasteiger partial charge in [0.2, 0.25) is 0 Å². The lowest BCUT2D eigenvalue weighted by Crippen LogP contribution is -2.52. The molecule has 0 spiro atoms. The number of ketones is 1. The predicted molar refractivity (Wildman–Crippen MR) is 75.4 cm³/mol. The highest BCUT2D eigenvalue weighted by atomic mass is 16.4. The average Bonchev–Trinajstić information content (AvgIpc) is 2.50. The summed E-state index contributed by atoms with van der Waals surface area (Å²) in [6.07, 6.45) is -6.62. The molecule has 0 saturated heterocycles. The zero-order chi connectivity index (χ0) is 16.6. The van der Waals surface area contributed by atoms with Gasteiger partial charge in [0.15, 0.2) is 5.78 Å². The second-order valence-corrected chi connectivity index (χ2v) is 5.34. The van der Waals surface area contributed by atoms with Crippen molar-refractivity contribution in [1.29, 1.82) is 0 Å². The number of carbonyl (C=O) groups excluding carboxylic acids is 1. The van der Waals surface area contributed by atoms with Gasteiger partial charge in [0.05, 0.1) is 6.61 Å². The van der Waals surface area contributed by atoms with E-state index in [9.17, 15) is 30.3 Å². The number of Topliss-reactive ketones (excluding diaryl/α,β-unsaturated/α-hetero) is 1. The number of aliphatic hydroxyl groups excluding tert-OH is 6. The fraction of sp³-hybridized carbons (Fsp3) is 0.929. The predicted octanol–water partition coefficient (Wildman–Crippen LogP) is -1.43. The molecule has 5 atom stereocenters. The molecule has 0 aliphatic carbocycles. The summed E-state index contributed by atoms with van der Waals surface area (Å²) in [5.74, 6) is -1.01. The van der Waals surface area contributed by atoms with E-state index in [2.05, 4.69) is 0 Å². The molecular weight excluding hydrogens is 280 g/mol. The third kappa shape index (κ3) is 5.98. The van der Waals surface area contributed by atoms with Crippen LogP contribution in [0.2, 0.25) is 0 Å². The Bertz CT molecular complexity index is 291. The average molecular weight is 308 g/mol. The molecule has 0 radical (unpaired) electrons. The van der Waals surface area contributed by atoms with Crippen LogP contribution in [0, 0.1) is 5.92 Å². The maximum atomic E-state index is 12.1. The van der Waals surface area contributed by atoms with Crippen LogP contribution in [-0.2, 0) is 4.79 Å². The van der Waals surface area contributed by atoms with Crippen LogP contribution < -0.4 is 0 Å². The smallest absolute Gasteiger partial charge is 0.167 e. The number of hydrogen-bond acceptors (Lipinski definition) is 7. The van der Waals surface area contributed by atoms with E-state index in [0.717, 1.165) is 12.8 Å². The van der Waals surface area contributed by atoms with Crippen molar-refractivity contribution in [2.45, 2.75) is 70.1 Å².